The Kier molecular flexibility index (Phi) is 1.79. The van der Waals surface area contributed by atoms with E-state index in [0.29, 0.717) is 6.04 Å². The Labute approximate surface area is 72.8 Å². The van der Waals surface area contributed by atoms with Crippen molar-refractivity contribution in [3.63, 3.8) is 0 Å². The molecule has 1 aromatic heterocycles. The minimum absolute atomic E-state index is 0.685. The molecule has 0 radical (unpaired) electrons. The highest BCUT2D eigenvalue weighted by molar-refractivity contribution is 5.25. The van der Waals surface area contributed by atoms with Crippen molar-refractivity contribution < 1.29 is 0 Å². The minimum Gasteiger partial charge on any atom is -0.359 e. The molecular weight excluding hydrogens is 150 g/mol. The van der Waals surface area contributed by atoms with Gasteiger partial charge in [0.2, 0.25) is 5.95 Å². The van der Waals surface area contributed by atoms with Gasteiger partial charge in [-0.2, -0.15) is 0 Å². The van der Waals surface area contributed by atoms with Crippen molar-refractivity contribution >= 4 is 5.95 Å². The fourth-order valence-corrected chi connectivity index (χ4v) is 1.89. The summed E-state index contributed by atoms with van der Waals surface area (Å²) in [6, 6.07) is 0.685. The van der Waals surface area contributed by atoms with Gasteiger partial charge >= 0.3 is 0 Å². The van der Waals surface area contributed by atoms with Crippen molar-refractivity contribution in [2.45, 2.75) is 25.8 Å². The van der Waals surface area contributed by atoms with Crippen molar-refractivity contribution in [2.75, 3.05) is 12.4 Å². The SMILES string of the molecule is CNc1nccn1C1CC(C)C1. The van der Waals surface area contributed by atoms with Crippen molar-refractivity contribution in [3.8, 4) is 0 Å². The van der Waals surface area contributed by atoms with Gasteiger partial charge in [0.1, 0.15) is 0 Å². The van der Waals surface area contributed by atoms with Crippen LogP contribution in [-0.2, 0) is 0 Å². The van der Waals surface area contributed by atoms with Crippen LogP contribution in [0.2, 0.25) is 0 Å². The van der Waals surface area contributed by atoms with E-state index in [2.05, 4.69) is 28.0 Å². The zero-order chi connectivity index (χ0) is 8.55. The molecule has 0 saturated heterocycles. The molecule has 1 fully saturated rings. The van der Waals surface area contributed by atoms with Crippen LogP contribution in [0.25, 0.3) is 0 Å². The van der Waals surface area contributed by atoms with Gasteiger partial charge in [0.15, 0.2) is 0 Å². The van der Waals surface area contributed by atoms with E-state index in [1.54, 1.807) is 0 Å². The van der Waals surface area contributed by atoms with Crippen molar-refractivity contribution in [1.29, 1.82) is 0 Å². The van der Waals surface area contributed by atoms with Crippen molar-refractivity contribution in [1.82, 2.24) is 9.55 Å². The molecule has 1 aromatic rings. The Balaban J connectivity index is 2.12. The predicted molar refractivity (Wildman–Crippen MR) is 49.2 cm³/mol. The molecule has 0 aromatic carbocycles. The number of rotatable bonds is 2. The van der Waals surface area contributed by atoms with E-state index in [-0.39, 0.29) is 0 Å². The molecule has 3 nitrogen and oxygen atoms in total. The summed E-state index contributed by atoms with van der Waals surface area (Å²) in [4.78, 5) is 4.21. The summed E-state index contributed by atoms with van der Waals surface area (Å²) in [5.41, 5.74) is 0. The Hall–Kier alpha value is -0.990. The molecule has 2 rings (SSSR count). The number of imidazole rings is 1. The van der Waals surface area contributed by atoms with E-state index in [4.69, 9.17) is 0 Å². The van der Waals surface area contributed by atoms with Gasteiger partial charge in [-0.15, -0.1) is 0 Å². The smallest absolute Gasteiger partial charge is 0.202 e. The van der Waals surface area contributed by atoms with Gasteiger partial charge in [-0.25, -0.2) is 4.98 Å². The summed E-state index contributed by atoms with van der Waals surface area (Å²) in [6.45, 7) is 2.30. The lowest BCUT2D eigenvalue weighted by Crippen LogP contribution is -2.25. The first kappa shape index (κ1) is 7.65. The highest BCUT2D eigenvalue weighted by Crippen LogP contribution is 2.38. The molecule has 12 heavy (non-hydrogen) atoms. The number of anilines is 1. The summed E-state index contributed by atoms with van der Waals surface area (Å²) in [5, 5.41) is 3.09. The molecule has 0 unspecified atom stereocenters. The lowest BCUT2D eigenvalue weighted by atomic mass is 9.82. The van der Waals surface area contributed by atoms with Gasteiger partial charge in [-0.1, -0.05) is 6.92 Å². The van der Waals surface area contributed by atoms with Crippen molar-refractivity contribution in [2.24, 2.45) is 5.92 Å². The molecule has 1 aliphatic carbocycles. The zero-order valence-corrected chi connectivity index (χ0v) is 7.62. The first-order valence-electron chi connectivity index (χ1n) is 4.52. The molecule has 3 heteroatoms. The Morgan fingerprint density at radius 1 is 1.58 bits per heavy atom. The maximum absolute atomic E-state index is 4.21. The van der Waals surface area contributed by atoms with Crippen LogP contribution in [-0.4, -0.2) is 16.6 Å². The van der Waals surface area contributed by atoms with Crippen LogP contribution in [0, 0.1) is 5.92 Å². The normalized spacial score (nSPS) is 28.2. The van der Waals surface area contributed by atoms with Crippen LogP contribution in [0.3, 0.4) is 0 Å². The van der Waals surface area contributed by atoms with E-state index >= 15 is 0 Å². The largest absolute Gasteiger partial charge is 0.359 e. The molecule has 0 aliphatic heterocycles. The summed E-state index contributed by atoms with van der Waals surface area (Å²) < 4.78 is 2.24. The summed E-state index contributed by atoms with van der Waals surface area (Å²) in [5.74, 6) is 1.88. The van der Waals surface area contributed by atoms with E-state index < -0.39 is 0 Å². The first-order chi connectivity index (χ1) is 5.81. The highest BCUT2D eigenvalue weighted by atomic mass is 15.2. The third-order valence-electron chi connectivity index (χ3n) is 2.63. The van der Waals surface area contributed by atoms with E-state index in [0.717, 1.165) is 11.9 Å². The Morgan fingerprint density at radius 3 is 2.92 bits per heavy atom. The van der Waals surface area contributed by atoms with E-state index in [1.807, 2.05) is 13.2 Å². The van der Waals surface area contributed by atoms with Crippen LogP contribution < -0.4 is 5.32 Å². The van der Waals surface area contributed by atoms with Crippen molar-refractivity contribution in [3.05, 3.63) is 12.4 Å². The van der Waals surface area contributed by atoms with Crippen LogP contribution in [0.4, 0.5) is 5.95 Å². The molecule has 1 aliphatic rings. The van der Waals surface area contributed by atoms with Gasteiger partial charge < -0.3 is 9.88 Å². The lowest BCUT2D eigenvalue weighted by Gasteiger charge is -2.34. The van der Waals surface area contributed by atoms with Gasteiger partial charge in [-0.3, -0.25) is 0 Å². The van der Waals surface area contributed by atoms with Gasteiger partial charge in [0.05, 0.1) is 0 Å². The van der Waals surface area contributed by atoms with Crippen LogP contribution in [0.1, 0.15) is 25.8 Å². The molecule has 1 saturated carbocycles. The fraction of sp³-hybridized carbons (Fsp3) is 0.667. The average Bonchev–Trinajstić information content (AvgIpc) is 2.45. The molecule has 0 atom stereocenters. The average molecular weight is 165 g/mol. The predicted octanol–water partition coefficient (Wildman–Crippen LogP) is 1.90. The standard InChI is InChI=1S/C9H15N3/c1-7-5-8(6-7)12-4-3-11-9(12)10-2/h3-4,7-8H,5-6H2,1-2H3,(H,10,11). The quantitative estimate of drug-likeness (QED) is 0.725. The fourth-order valence-electron chi connectivity index (χ4n) is 1.89. The van der Waals surface area contributed by atoms with Gasteiger partial charge in [0.25, 0.3) is 0 Å². The second-order valence-electron chi connectivity index (χ2n) is 3.64. The second kappa shape index (κ2) is 2.81. The molecule has 0 amide bonds. The van der Waals surface area contributed by atoms with Gasteiger partial charge in [-0.05, 0) is 18.8 Å². The summed E-state index contributed by atoms with van der Waals surface area (Å²) >= 11 is 0. The van der Waals surface area contributed by atoms with Gasteiger partial charge in [0, 0.05) is 25.5 Å². The number of nitrogens with one attached hydrogen (secondary N) is 1. The molecule has 1 N–H and O–H groups in total. The molecule has 66 valence electrons. The monoisotopic (exact) mass is 165 g/mol. The molecular formula is C9H15N3. The third kappa shape index (κ3) is 1.09. The minimum atomic E-state index is 0.685. The topological polar surface area (TPSA) is 29.9 Å². The number of hydrogen-bond acceptors (Lipinski definition) is 2. The molecule has 0 spiro atoms. The number of hydrogen-bond donors (Lipinski definition) is 1. The third-order valence-corrected chi connectivity index (χ3v) is 2.63. The van der Waals surface area contributed by atoms with E-state index in [9.17, 15) is 0 Å². The zero-order valence-electron chi connectivity index (χ0n) is 7.62. The Morgan fingerprint density at radius 2 is 2.33 bits per heavy atom. The van der Waals surface area contributed by atoms with Crippen LogP contribution in [0.15, 0.2) is 12.4 Å². The number of aromatic nitrogens is 2. The second-order valence-corrected chi connectivity index (χ2v) is 3.64. The lowest BCUT2D eigenvalue weighted by molar-refractivity contribution is 0.218. The van der Waals surface area contributed by atoms with Crippen LogP contribution in [0.5, 0.6) is 0 Å². The van der Waals surface area contributed by atoms with E-state index in [1.165, 1.54) is 12.8 Å². The maximum Gasteiger partial charge on any atom is 0.202 e. The molecule has 1 heterocycles. The maximum atomic E-state index is 4.21. The number of nitrogens with zero attached hydrogens (tertiary/aromatic N) is 2. The first-order valence-corrected chi connectivity index (χ1v) is 4.52. The summed E-state index contributed by atoms with van der Waals surface area (Å²) in [7, 11) is 1.92. The van der Waals surface area contributed by atoms with Crippen LogP contribution >= 0.6 is 0 Å². The molecule has 0 bridgehead atoms. The Bertz CT molecular complexity index is 260. The summed E-state index contributed by atoms with van der Waals surface area (Å²) in [6.07, 6.45) is 6.51. The highest BCUT2D eigenvalue weighted by Gasteiger charge is 2.27.